The molecule has 0 radical (unpaired) electrons. The summed E-state index contributed by atoms with van der Waals surface area (Å²) in [4.78, 5) is 4.39. The minimum absolute atomic E-state index is 0.187. The molecule has 1 aromatic carbocycles. The summed E-state index contributed by atoms with van der Waals surface area (Å²) in [7, 11) is 2.97. The topological polar surface area (TPSA) is 48.7 Å². The van der Waals surface area contributed by atoms with Crippen LogP contribution in [0.2, 0.25) is 0 Å². The van der Waals surface area contributed by atoms with Gasteiger partial charge in [-0.15, -0.1) is 0 Å². The fourth-order valence-corrected chi connectivity index (χ4v) is 2.92. The Hall–Kier alpha value is -2.77. The highest BCUT2D eigenvalue weighted by atomic mass is 19.4. The van der Waals surface area contributed by atoms with Crippen LogP contribution in [-0.4, -0.2) is 28.8 Å². The first kappa shape index (κ1) is 16.7. The van der Waals surface area contributed by atoms with Crippen molar-refractivity contribution in [2.75, 3.05) is 14.2 Å². The normalized spacial score (nSPS) is 14.7. The van der Waals surface area contributed by atoms with Gasteiger partial charge in [-0.1, -0.05) is 0 Å². The summed E-state index contributed by atoms with van der Waals surface area (Å²) in [6, 6.07) is 7.54. The van der Waals surface area contributed by atoms with Crippen LogP contribution in [0, 0.1) is 0 Å². The molecule has 1 saturated carbocycles. The van der Waals surface area contributed by atoms with E-state index < -0.39 is 11.9 Å². The van der Waals surface area contributed by atoms with Crippen LogP contribution < -0.4 is 9.47 Å². The van der Waals surface area contributed by atoms with Crippen molar-refractivity contribution < 1.29 is 22.6 Å². The molecule has 5 nitrogen and oxygen atoms in total. The number of alkyl halides is 3. The van der Waals surface area contributed by atoms with Crippen molar-refractivity contribution in [1.29, 1.82) is 0 Å². The Morgan fingerprint density at radius 1 is 1.04 bits per heavy atom. The van der Waals surface area contributed by atoms with Crippen LogP contribution in [-0.2, 0) is 6.18 Å². The fraction of sp³-hybridized carbons (Fsp3) is 0.333. The Kier molecular flexibility index (Phi) is 3.78. The third-order valence-corrected chi connectivity index (χ3v) is 4.41. The predicted molar refractivity (Wildman–Crippen MR) is 88.5 cm³/mol. The van der Waals surface area contributed by atoms with Crippen LogP contribution in [0.25, 0.3) is 16.9 Å². The molecule has 0 N–H and O–H groups in total. The first-order chi connectivity index (χ1) is 12.4. The second-order valence-corrected chi connectivity index (χ2v) is 6.21. The van der Waals surface area contributed by atoms with Crippen LogP contribution in [0.4, 0.5) is 13.2 Å². The molecule has 1 aliphatic rings. The number of rotatable bonds is 4. The predicted octanol–water partition coefficient (Wildman–Crippen LogP) is 4.31. The lowest BCUT2D eigenvalue weighted by Gasteiger charge is -2.12. The highest BCUT2D eigenvalue weighted by Gasteiger charge is 2.36. The van der Waals surface area contributed by atoms with E-state index >= 15 is 0 Å². The van der Waals surface area contributed by atoms with E-state index in [0.717, 1.165) is 23.4 Å². The van der Waals surface area contributed by atoms with Gasteiger partial charge in [-0.2, -0.15) is 18.3 Å². The molecule has 2 heterocycles. The third kappa shape index (κ3) is 2.85. The van der Waals surface area contributed by atoms with E-state index in [0.29, 0.717) is 22.8 Å². The van der Waals surface area contributed by atoms with Gasteiger partial charge in [0.05, 0.1) is 25.6 Å². The van der Waals surface area contributed by atoms with E-state index in [4.69, 9.17) is 9.47 Å². The largest absolute Gasteiger partial charge is 0.493 e. The molecular weight excluding hydrogens is 347 g/mol. The Bertz CT molecular complexity index is 978. The smallest absolute Gasteiger partial charge is 0.433 e. The van der Waals surface area contributed by atoms with Gasteiger partial charge in [0, 0.05) is 17.5 Å². The van der Waals surface area contributed by atoms with Crippen molar-refractivity contribution in [1.82, 2.24) is 14.6 Å². The summed E-state index contributed by atoms with van der Waals surface area (Å²) in [5, 5.41) is 4.13. The molecule has 8 heteroatoms. The molecule has 2 aromatic heterocycles. The number of nitrogens with zero attached hydrogens (tertiary/aromatic N) is 3. The lowest BCUT2D eigenvalue weighted by Crippen LogP contribution is -2.13. The molecule has 0 spiro atoms. The summed E-state index contributed by atoms with van der Waals surface area (Å²) in [6.07, 6.45) is -2.64. The van der Waals surface area contributed by atoms with Crippen molar-refractivity contribution in [3.8, 4) is 22.8 Å². The highest BCUT2D eigenvalue weighted by Crippen LogP contribution is 2.41. The molecule has 4 rings (SSSR count). The van der Waals surface area contributed by atoms with Gasteiger partial charge in [0.1, 0.15) is 0 Å². The first-order valence-corrected chi connectivity index (χ1v) is 8.11. The third-order valence-electron chi connectivity index (χ3n) is 4.41. The molecule has 0 aliphatic heterocycles. The Morgan fingerprint density at radius 3 is 2.38 bits per heavy atom. The van der Waals surface area contributed by atoms with E-state index in [1.54, 1.807) is 24.3 Å². The monoisotopic (exact) mass is 363 g/mol. The van der Waals surface area contributed by atoms with Gasteiger partial charge in [0.2, 0.25) is 0 Å². The van der Waals surface area contributed by atoms with E-state index in [2.05, 4.69) is 10.1 Å². The molecule has 26 heavy (non-hydrogen) atoms. The molecule has 0 bridgehead atoms. The van der Waals surface area contributed by atoms with Gasteiger partial charge < -0.3 is 9.47 Å². The zero-order chi connectivity index (χ0) is 18.5. The Balaban J connectivity index is 1.90. The van der Waals surface area contributed by atoms with Crippen molar-refractivity contribution in [2.45, 2.75) is 24.9 Å². The summed E-state index contributed by atoms with van der Waals surface area (Å²) in [6.45, 7) is 0. The van der Waals surface area contributed by atoms with Gasteiger partial charge in [-0.3, -0.25) is 0 Å². The minimum atomic E-state index is -4.54. The van der Waals surface area contributed by atoms with Crippen molar-refractivity contribution >= 4 is 5.65 Å². The van der Waals surface area contributed by atoms with Crippen LogP contribution >= 0.6 is 0 Å². The van der Waals surface area contributed by atoms with Crippen molar-refractivity contribution in [3.05, 3.63) is 41.7 Å². The van der Waals surface area contributed by atoms with Gasteiger partial charge in [-0.05, 0) is 37.1 Å². The summed E-state index contributed by atoms with van der Waals surface area (Å²) >= 11 is 0. The SMILES string of the molecule is COc1ccc(-c2cc(C(F)(F)F)n3nc(C4CC4)cc3n2)cc1OC. The second kappa shape index (κ2) is 5.89. The summed E-state index contributed by atoms with van der Waals surface area (Å²) in [5.41, 5.74) is 0.705. The first-order valence-electron chi connectivity index (χ1n) is 8.11. The maximum absolute atomic E-state index is 13.6. The van der Waals surface area contributed by atoms with E-state index in [-0.39, 0.29) is 17.3 Å². The van der Waals surface area contributed by atoms with Gasteiger partial charge in [0.25, 0.3) is 0 Å². The van der Waals surface area contributed by atoms with Crippen LogP contribution in [0.1, 0.15) is 30.1 Å². The minimum Gasteiger partial charge on any atom is -0.493 e. The Labute approximate surface area is 147 Å². The van der Waals surface area contributed by atoms with E-state index in [1.807, 2.05) is 0 Å². The average Bonchev–Trinajstić information content (AvgIpc) is 3.38. The quantitative estimate of drug-likeness (QED) is 0.693. The number of hydrogen-bond acceptors (Lipinski definition) is 4. The fourth-order valence-electron chi connectivity index (χ4n) is 2.92. The van der Waals surface area contributed by atoms with Crippen LogP contribution in [0.5, 0.6) is 11.5 Å². The van der Waals surface area contributed by atoms with Crippen LogP contribution in [0.3, 0.4) is 0 Å². The molecule has 0 amide bonds. The molecular formula is C18H16F3N3O2. The molecule has 0 unspecified atom stereocenters. The summed E-state index contributed by atoms with van der Waals surface area (Å²) in [5.74, 6) is 1.16. The van der Waals surface area contributed by atoms with Crippen molar-refractivity contribution in [2.24, 2.45) is 0 Å². The van der Waals surface area contributed by atoms with Gasteiger partial charge in [-0.25, -0.2) is 9.50 Å². The maximum atomic E-state index is 13.6. The van der Waals surface area contributed by atoms with Gasteiger partial charge >= 0.3 is 6.18 Å². The standard InChI is InChI=1S/C18H16F3N3O2/c1-25-14-6-5-11(7-15(14)26-2)12-8-16(18(19,20)21)24-17(22-12)9-13(23-24)10-3-4-10/h5-10H,3-4H2,1-2H3. The molecule has 1 fully saturated rings. The number of aromatic nitrogens is 3. The van der Waals surface area contributed by atoms with Crippen molar-refractivity contribution in [3.63, 3.8) is 0 Å². The molecule has 136 valence electrons. The molecule has 1 aliphatic carbocycles. The van der Waals surface area contributed by atoms with E-state index in [9.17, 15) is 13.2 Å². The number of benzene rings is 1. The number of hydrogen-bond donors (Lipinski definition) is 0. The number of halogens is 3. The summed E-state index contributed by atoms with van der Waals surface area (Å²) < 4.78 is 52.0. The second-order valence-electron chi connectivity index (χ2n) is 6.21. The zero-order valence-electron chi connectivity index (χ0n) is 14.2. The maximum Gasteiger partial charge on any atom is 0.433 e. The highest BCUT2D eigenvalue weighted by molar-refractivity contribution is 5.66. The average molecular weight is 363 g/mol. The number of methoxy groups -OCH3 is 2. The number of fused-ring (bicyclic) bond motifs is 1. The zero-order valence-corrected chi connectivity index (χ0v) is 14.2. The number of ether oxygens (including phenoxy) is 2. The van der Waals surface area contributed by atoms with E-state index in [1.165, 1.54) is 14.2 Å². The lowest BCUT2D eigenvalue weighted by molar-refractivity contribution is -0.142. The van der Waals surface area contributed by atoms with Crippen LogP contribution in [0.15, 0.2) is 30.3 Å². The molecule has 0 saturated heterocycles. The molecule has 3 aromatic rings. The Morgan fingerprint density at radius 2 is 1.77 bits per heavy atom. The lowest BCUT2D eigenvalue weighted by atomic mass is 10.1. The molecule has 0 atom stereocenters. The van der Waals surface area contributed by atoms with Gasteiger partial charge in [0.15, 0.2) is 22.8 Å².